The molecule has 1 saturated carbocycles. The van der Waals surface area contributed by atoms with Crippen LogP contribution in [0.3, 0.4) is 0 Å². The highest BCUT2D eigenvalue weighted by Crippen LogP contribution is 2.31. The molecule has 14 heavy (non-hydrogen) atoms. The Labute approximate surface area is 83.9 Å². The zero-order chi connectivity index (χ0) is 10.0. The molecule has 1 aliphatic rings. The van der Waals surface area contributed by atoms with Gasteiger partial charge in [0.2, 0.25) is 0 Å². The summed E-state index contributed by atoms with van der Waals surface area (Å²) in [7, 11) is 0. The second-order valence-electron chi connectivity index (χ2n) is 4.22. The normalized spacial score (nSPS) is 19.5. The standard InChI is InChI=1S/C10H16N4/c1-10(4-2-3-5-10)14-9-6-8(11)12-7-13-9/h6-7H,2-5H2,1H3,(H3,11,12,13,14). The van der Waals surface area contributed by atoms with Gasteiger partial charge in [-0.2, -0.15) is 0 Å². The average Bonchev–Trinajstić information content (AvgIpc) is 2.51. The summed E-state index contributed by atoms with van der Waals surface area (Å²) in [6.07, 6.45) is 6.50. The van der Waals surface area contributed by atoms with Crippen molar-refractivity contribution < 1.29 is 0 Å². The van der Waals surface area contributed by atoms with Crippen LogP contribution < -0.4 is 11.1 Å². The van der Waals surface area contributed by atoms with Crippen molar-refractivity contribution in [1.29, 1.82) is 0 Å². The molecule has 0 spiro atoms. The van der Waals surface area contributed by atoms with Crippen LogP contribution in [0, 0.1) is 0 Å². The Morgan fingerprint density at radius 1 is 1.36 bits per heavy atom. The van der Waals surface area contributed by atoms with E-state index in [9.17, 15) is 0 Å². The molecule has 0 saturated heterocycles. The van der Waals surface area contributed by atoms with E-state index < -0.39 is 0 Å². The summed E-state index contributed by atoms with van der Waals surface area (Å²) in [5.41, 5.74) is 5.78. The Balaban J connectivity index is 2.10. The summed E-state index contributed by atoms with van der Waals surface area (Å²) in [5, 5.41) is 3.43. The first kappa shape index (κ1) is 9.24. The van der Waals surface area contributed by atoms with E-state index in [2.05, 4.69) is 22.2 Å². The van der Waals surface area contributed by atoms with Gasteiger partial charge in [0.15, 0.2) is 0 Å². The molecule has 2 rings (SSSR count). The number of aromatic nitrogens is 2. The number of nitrogens with one attached hydrogen (secondary N) is 1. The molecule has 0 amide bonds. The Kier molecular flexibility index (Phi) is 2.27. The smallest absolute Gasteiger partial charge is 0.131 e. The fourth-order valence-electron chi connectivity index (χ4n) is 2.03. The van der Waals surface area contributed by atoms with Crippen LogP contribution in [-0.2, 0) is 0 Å². The van der Waals surface area contributed by atoms with E-state index in [1.807, 2.05) is 0 Å². The van der Waals surface area contributed by atoms with Gasteiger partial charge in [0.1, 0.15) is 18.0 Å². The molecule has 0 bridgehead atoms. The number of rotatable bonds is 2. The number of nitrogens with zero attached hydrogens (tertiary/aromatic N) is 2. The van der Waals surface area contributed by atoms with Gasteiger partial charge >= 0.3 is 0 Å². The first-order chi connectivity index (χ1) is 6.68. The third-order valence-electron chi connectivity index (χ3n) is 2.83. The minimum absolute atomic E-state index is 0.195. The lowest BCUT2D eigenvalue weighted by molar-refractivity contribution is 0.531. The lowest BCUT2D eigenvalue weighted by atomic mass is 10.0. The third kappa shape index (κ3) is 1.95. The Morgan fingerprint density at radius 3 is 2.71 bits per heavy atom. The van der Waals surface area contributed by atoms with Gasteiger partial charge < -0.3 is 11.1 Å². The zero-order valence-corrected chi connectivity index (χ0v) is 8.45. The number of hydrogen-bond acceptors (Lipinski definition) is 4. The van der Waals surface area contributed by atoms with Gasteiger partial charge in [-0.15, -0.1) is 0 Å². The molecular weight excluding hydrogens is 176 g/mol. The maximum atomic E-state index is 5.58. The second-order valence-corrected chi connectivity index (χ2v) is 4.22. The molecule has 1 aromatic heterocycles. The van der Waals surface area contributed by atoms with E-state index in [4.69, 9.17) is 5.73 Å². The molecule has 1 heterocycles. The molecule has 76 valence electrons. The first-order valence-corrected chi connectivity index (χ1v) is 5.04. The predicted molar refractivity (Wildman–Crippen MR) is 56.9 cm³/mol. The molecule has 1 aliphatic carbocycles. The summed E-state index contributed by atoms with van der Waals surface area (Å²) >= 11 is 0. The Bertz CT molecular complexity index is 318. The van der Waals surface area contributed by atoms with Crippen molar-refractivity contribution in [2.24, 2.45) is 0 Å². The average molecular weight is 192 g/mol. The fraction of sp³-hybridized carbons (Fsp3) is 0.600. The van der Waals surface area contributed by atoms with E-state index in [1.54, 1.807) is 6.07 Å². The topological polar surface area (TPSA) is 63.8 Å². The molecule has 0 aliphatic heterocycles. The zero-order valence-electron chi connectivity index (χ0n) is 8.45. The van der Waals surface area contributed by atoms with E-state index in [-0.39, 0.29) is 5.54 Å². The van der Waals surface area contributed by atoms with Crippen molar-refractivity contribution in [2.75, 3.05) is 11.1 Å². The summed E-state index contributed by atoms with van der Waals surface area (Å²) in [4.78, 5) is 8.01. The molecular formula is C10H16N4. The van der Waals surface area contributed by atoms with Crippen LogP contribution in [0.2, 0.25) is 0 Å². The monoisotopic (exact) mass is 192 g/mol. The van der Waals surface area contributed by atoms with Crippen LogP contribution in [0.25, 0.3) is 0 Å². The summed E-state index contributed by atoms with van der Waals surface area (Å²) < 4.78 is 0. The maximum Gasteiger partial charge on any atom is 0.131 e. The summed E-state index contributed by atoms with van der Waals surface area (Å²) in [6.45, 7) is 2.23. The molecule has 0 aromatic carbocycles. The van der Waals surface area contributed by atoms with Crippen LogP contribution in [0.4, 0.5) is 11.6 Å². The van der Waals surface area contributed by atoms with Gasteiger partial charge in [0.25, 0.3) is 0 Å². The minimum Gasteiger partial charge on any atom is -0.384 e. The SMILES string of the molecule is CC1(Nc2cc(N)ncn2)CCCC1. The van der Waals surface area contributed by atoms with Gasteiger partial charge in [0, 0.05) is 11.6 Å². The predicted octanol–water partition coefficient (Wildman–Crippen LogP) is 1.80. The lowest BCUT2D eigenvalue weighted by Crippen LogP contribution is -2.31. The van der Waals surface area contributed by atoms with E-state index in [0.717, 1.165) is 5.82 Å². The second kappa shape index (κ2) is 3.44. The quantitative estimate of drug-likeness (QED) is 0.750. The first-order valence-electron chi connectivity index (χ1n) is 5.04. The number of nitrogens with two attached hydrogens (primary N) is 1. The highest BCUT2D eigenvalue weighted by Gasteiger charge is 2.28. The highest BCUT2D eigenvalue weighted by molar-refractivity contribution is 5.45. The molecule has 4 nitrogen and oxygen atoms in total. The number of hydrogen-bond donors (Lipinski definition) is 2. The van der Waals surface area contributed by atoms with Gasteiger partial charge in [0.05, 0.1) is 0 Å². The van der Waals surface area contributed by atoms with Crippen molar-refractivity contribution in [3.8, 4) is 0 Å². The van der Waals surface area contributed by atoms with Crippen LogP contribution in [0.15, 0.2) is 12.4 Å². The molecule has 0 radical (unpaired) electrons. The highest BCUT2D eigenvalue weighted by atomic mass is 15.1. The molecule has 3 N–H and O–H groups in total. The van der Waals surface area contributed by atoms with Gasteiger partial charge in [-0.25, -0.2) is 9.97 Å². The van der Waals surface area contributed by atoms with Crippen LogP contribution in [-0.4, -0.2) is 15.5 Å². The van der Waals surface area contributed by atoms with Gasteiger partial charge in [-0.1, -0.05) is 12.8 Å². The van der Waals surface area contributed by atoms with E-state index >= 15 is 0 Å². The lowest BCUT2D eigenvalue weighted by Gasteiger charge is -2.25. The summed E-state index contributed by atoms with van der Waals surface area (Å²) in [6, 6.07) is 1.78. The van der Waals surface area contributed by atoms with Crippen molar-refractivity contribution >= 4 is 11.6 Å². The molecule has 4 heteroatoms. The van der Waals surface area contributed by atoms with E-state index in [0.29, 0.717) is 5.82 Å². The number of nitrogen functional groups attached to an aromatic ring is 1. The van der Waals surface area contributed by atoms with Crippen molar-refractivity contribution in [3.63, 3.8) is 0 Å². The van der Waals surface area contributed by atoms with E-state index in [1.165, 1.54) is 32.0 Å². The minimum atomic E-state index is 0.195. The molecule has 1 fully saturated rings. The molecule has 1 aromatic rings. The van der Waals surface area contributed by atoms with Gasteiger partial charge in [-0.05, 0) is 19.8 Å². The largest absolute Gasteiger partial charge is 0.384 e. The Morgan fingerprint density at radius 2 is 2.07 bits per heavy atom. The van der Waals surface area contributed by atoms with Crippen molar-refractivity contribution in [3.05, 3.63) is 12.4 Å². The van der Waals surface area contributed by atoms with Crippen LogP contribution in [0.5, 0.6) is 0 Å². The molecule has 0 atom stereocenters. The summed E-state index contributed by atoms with van der Waals surface area (Å²) in [5.74, 6) is 1.35. The van der Waals surface area contributed by atoms with Crippen molar-refractivity contribution in [2.45, 2.75) is 38.1 Å². The van der Waals surface area contributed by atoms with Crippen LogP contribution in [0.1, 0.15) is 32.6 Å². The van der Waals surface area contributed by atoms with Crippen molar-refractivity contribution in [1.82, 2.24) is 9.97 Å². The Hall–Kier alpha value is -1.32. The fourth-order valence-corrected chi connectivity index (χ4v) is 2.03. The third-order valence-corrected chi connectivity index (χ3v) is 2.83. The maximum absolute atomic E-state index is 5.58. The number of anilines is 2. The van der Waals surface area contributed by atoms with Gasteiger partial charge in [-0.3, -0.25) is 0 Å². The molecule has 0 unspecified atom stereocenters. The van der Waals surface area contributed by atoms with Crippen LogP contribution >= 0.6 is 0 Å².